The number of amidine groups is 1. The summed E-state index contributed by atoms with van der Waals surface area (Å²) in [7, 11) is 0. The second-order valence-corrected chi connectivity index (χ2v) is 9.87. The first-order valence-corrected chi connectivity index (χ1v) is 13.4. The first-order chi connectivity index (χ1) is 17.9. The highest BCUT2D eigenvalue weighted by Gasteiger charge is 2.30. The van der Waals surface area contributed by atoms with Crippen LogP contribution in [0.4, 0.5) is 20.6 Å². The number of amides is 2. The highest BCUT2D eigenvalue weighted by atomic mass is 127. The van der Waals surface area contributed by atoms with Gasteiger partial charge in [0.1, 0.15) is 5.82 Å². The minimum Gasteiger partial charge on any atom is -0.394 e. The van der Waals surface area contributed by atoms with Crippen LogP contribution in [0, 0.1) is 11.7 Å². The van der Waals surface area contributed by atoms with Gasteiger partial charge >= 0.3 is 6.03 Å². The van der Waals surface area contributed by atoms with Crippen molar-refractivity contribution in [2.45, 2.75) is 19.4 Å². The first-order valence-electron chi connectivity index (χ1n) is 11.6. The number of nitrogens with zero attached hydrogens (tertiary/aromatic N) is 4. The monoisotopic (exact) mass is 682 g/mol. The summed E-state index contributed by atoms with van der Waals surface area (Å²) in [6, 6.07) is 11.6. The van der Waals surface area contributed by atoms with Crippen LogP contribution < -0.4 is 10.6 Å². The predicted molar refractivity (Wildman–Crippen MR) is 152 cm³/mol. The topological polar surface area (TPSA) is 112 Å². The Labute approximate surface area is 235 Å². The molecule has 12 heteroatoms. The van der Waals surface area contributed by atoms with Crippen LogP contribution in [0.3, 0.4) is 0 Å². The summed E-state index contributed by atoms with van der Waals surface area (Å²) in [5, 5.41) is 19.1. The molecule has 1 aliphatic heterocycles. The van der Waals surface area contributed by atoms with E-state index in [1.807, 2.05) is 30.5 Å². The van der Waals surface area contributed by atoms with Gasteiger partial charge in [0, 0.05) is 42.1 Å². The SMILES string of the molecule is O=C(/C(=N/I)Nc1ccc(F)c(Br)c1)C1CCN(C(=O)Nc2ccc(-c3cnn(CCO)c3)cc2)CC1. The number of rotatable bonds is 7. The summed E-state index contributed by atoms with van der Waals surface area (Å²) in [6.45, 7) is 1.35. The summed E-state index contributed by atoms with van der Waals surface area (Å²) in [4.78, 5) is 27.5. The molecular formula is C25H25BrFIN6O3. The van der Waals surface area contributed by atoms with Gasteiger partial charge in [0.15, 0.2) is 5.84 Å². The number of halogens is 3. The van der Waals surface area contributed by atoms with E-state index in [4.69, 9.17) is 5.11 Å². The lowest BCUT2D eigenvalue weighted by molar-refractivity contribution is -0.117. The predicted octanol–water partition coefficient (Wildman–Crippen LogP) is 5.12. The Morgan fingerprint density at radius 2 is 1.81 bits per heavy atom. The molecule has 9 nitrogen and oxygen atoms in total. The second-order valence-electron chi connectivity index (χ2n) is 8.54. The molecule has 2 aromatic carbocycles. The molecule has 2 amide bonds. The van der Waals surface area contributed by atoms with Gasteiger partial charge in [0.2, 0.25) is 5.78 Å². The number of nitrogens with one attached hydrogen (secondary N) is 2. The summed E-state index contributed by atoms with van der Waals surface area (Å²) in [5.41, 5.74) is 3.10. The number of aromatic nitrogens is 2. The van der Waals surface area contributed by atoms with Gasteiger partial charge in [0.25, 0.3) is 0 Å². The molecule has 0 radical (unpaired) electrons. The lowest BCUT2D eigenvalue weighted by Gasteiger charge is -2.31. The van der Waals surface area contributed by atoms with Crippen LogP contribution >= 0.6 is 38.8 Å². The van der Waals surface area contributed by atoms with Crippen molar-refractivity contribution < 1.29 is 19.1 Å². The molecule has 3 N–H and O–H groups in total. The maximum atomic E-state index is 13.5. The third-order valence-corrected chi connectivity index (χ3v) is 7.18. The van der Waals surface area contributed by atoms with Gasteiger partial charge < -0.3 is 20.6 Å². The molecule has 0 atom stereocenters. The summed E-state index contributed by atoms with van der Waals surface area (Å²) < 4.78 is 19.5. The fraction of sp³-hybridized carbons (Fsp3) is 0.280. The molecule has 0 aliphatic carbocycles. The van der Waals surface area contributed by atoms with Gasteiger partial charge in [-0.15, -0.1) is 0 Å². The van der Waals surface area contributed by atoms with E-state index >= 15 is 0 Å². The van der Waals surface area contributed by atoms with E-state index in [9.17, 15) is 14.0 Å². The number of aliphatic hydroxyl groups is 1. The number of carbonyl (C=O) groups is 2. The van der Waals surface area contributed by atoms with Crippen molar-refractivity contribution in [1.29, 1.82) is 0 Å². The van der Waals surface area contributed by atoms with Gasteiger partial charge in [-0.1, -0.05) is 12.1 Å². The van der Waals surface area contributed by atoms with Crippen LogP contribution in [0.5, 0.6) is 0 Å². The zero-order valence-electron chi connectivity index (χ0n) is 19.7. The van der Waals surface area contributed by atoms with Crippen molar-refractivity contribution in [2.75, 3.05) is 30.3 Å². The van der Waals surface area contributed by atoms with Crippen molar-refractivity contribution in [3.8, 4) is 11.1 Å². The zero-order valence-corrected chi connectivity index (χ0v) is 23.4. The van der Waals surface area contributed by atoms with Crippen LogP contribution in [0.2, 0.25) is 0 Å². The maximum Gasteiger partial charge on any atom is 0.321 e. The molecule has 194 valence electrons. The van der Waals surface area contributed by atoms with E-state index in [0.29, 0.717) is 48.3 Å². The largest absolute Gasteiger partial charge is 0.394 e. The molecule has 2 heterocycles. The normalized spacial score (nSPS) is 14.5. The molecule has 0 unspecified atom stereocenters. The Kier molecular flexibility index (Phi) is 9.27. The van der Waals surface area contributed by atoms with Crippen molar-refractivity contribution >= 4 is 67.8 Å². The number of Topliss-reactive ketones (excluding diaryl/α,β-unsaturated/α-hetero) is 1. The number of benzene rings is 2. The van der Waals surface area contributed by atoms with Crippen molar-refractivity contribution in [2.24, 2.45) is 9.12 Å². The lowest BCUT2D eigenvalue weighted by Crippen LogP contribution is -2.44. The quantitative estimate of drug-likeness (QED) is 0.182. The Morgan fingerprint density at radius 1 is 1.11 bits per heavy atom. The van der Waals surface area contributed by atoms with Gasteiger partial charge in [-0.05, 0) is 64.7 Å². The number of ketones is 1. The van der Waals surface area contributed by atoms with E-state index in [1.54, 1.807) is 50.8 Å². The summed E-state index contributed by atoms with van der Waals surface area (Å²) >= 11 is 4.91. The van der Waals surface area contributed by atoms with Gasteiger partial charge in [-0.2, -0.15) is 8.30 Å². The number of anilines is 2. The number of aliphatic hydroxyl groups excluding tert-OH is 1. The summed E-state index contributed by atoms with van der Waals surface area (Å²) in [5.74, 6) is -0.588. The fourth-order valence-corrected chi connectivity index (χ4v) is 4.80. The highest BCUT2D eigenvalue weighted by Crippen LogP contribution is 2.24. The van der Waals surface area contributed by atoms with Crippen molar-refractivity contribution in [3.63, 3.8) is 0 Å². The van der Waals surface area contributed by atoms with Crippen LogP contribution in [0.1, 0.15) is 12.8 Å². The Morgan fingerprint density at radius 3 is 2.46 bits per heavy atom. The first kappa shape index (κ1) is 27.2. The highest BCUT2D eigenvalue weighted by molar-refractivity contribution is 14.1. The molecule has 0 saturated carbocycles. The number of piperidine rings is 1. The Bertz CT molecular complexity index is 1290. The fourth-order valence-electron chi connectivity index (χ4n) is 4.06. The van der Waals surface area contributed by atoms with Crippen molar-refractivity contribution in [3.05, 3.63) is 65.1 Å². The van der Waals surface area contributed by atoms with Gasteiger partial charge in [-0.25, -0.2) is 9.18 Å². The smallest absolute Gasteiger partial charge is 0.321 e. The average Bonchev–Trinajstić information content (AvgIpc) is 3.38. The third kappa shape index (κ3) is 6.93. The minimum atomic E-state index is -0.391. The summed E-state index contributed by atoms with van der Waals surface area (Å²) in [6.07, 6.45) is 4.63. The molecule has 37 heavy (non-hydrogen) atoms. The standard InChI is InChI=1S/C25H25BrFIN6O3/c26-21-13-20(5-6-22(21)27)30-24(32-28)23(36)17-7-9-33(10-8-17)25(37)31-19-3-1-16(2-4-19)18-14-29-34(15-18)11-12-35/h1-6,13-15,17,35H,7-12H2,(H,30,32)(H,31,37). The average molecular weight is 683 g/mol. The van der Waals surface area contributed by atoms with Crippen LogP contribution in [0.25, 0.3) is 11.1 Å². The number of carbonyl (C=O) groups excluding carboxylic acids is 2. The molecule has 1 aliphatic rings. The minimum absolute atomic E-state index is 0.0234. The van der Waals surface area contributed by atoms with E-state index in [1.165, 1.54) is 6.07 Å². The third-order valence-electron chi connectivity index (χ3n) is 6.09. The Balaban J connectivity index is 1.28. The molecule has 3 aromatic rings. The molecule has 1 saturated heterocycles. The molecule has 1 fully saturated rings. The molecule has 0 bridgehead atoms. The Hall–Kier alpha value is -2.84. The molecular weight excluding hydrogens is 658 g/mol. The van der Waals surface area contributed by atoms with E-state index < -0.39 is 5.82 Å². The number of hydrogen-bond acceptors (Lipinski definition) is 5. The van der Waals surface area contributed by atoms with Crippen LogP contribution in [0.15, 0.2) is 62.5 Å². The van der Waals surface area contributed by atoms with E-state index in [2.05, 4.69) is 34.9 Å². The maximum absolute atomic E-state index is 13.5. The lowest BCUT2D eigenvalue weighted by atomic mass is 9.92. The van der Waals surface area contributed by atoms with Gasteiger partial charge in [-0.3, -0.25) is 9.48 Å². The second kappa shape index (κ2) is 12.6. The number of likely N-dealkylation sites (tertiary alicyclic amines) is 1. The van der Waals surface area contributed by atoms with Crippen LogP contribution in [-0.2, 0) is 11.3 Å². The van der Waals surface area contributed by atoms with Gasteiger partial charge in [0.05, 0.1) is 46.7 Å². The van der Waals surface area contributed by atoms with Crippen LogP contribution in [-0.4, -0.2) is 57.1 Å². The van der Waals surface area contributed by atoms with E-state index in [-0.39, 0.29) is 30.2 Å². The molecule has 4 rings (SSSR count). The van der Waals surface area contributed by atoms with E-state index in [0.717, 1.165) is 11.1 Å². The molecule has 0 spiro atoms. The molecule has 1 aromatic heterocycles. The van der Waals surface area contributed by atoms with Crippen molar-refractivity contribution in [1.82, 2.24) is 14.7 Å². The zero-order chi connectivity index (χ0) is 26.4. The number of hydrogen-bond donors (Lipinski definition) is 3. The number of urea groups is 1.